The van der Waals surface area contributed by atoms with E-state index in [-0.39, 0.29) is 0 Å². The van der Waals surface area contributed by atoms with E-state index in [9.17, 15) is 0 Å². The van der Waals surface area contributed by atoms with E-state index in [0.29, 0.717) is 0 Å². The second-order valence-electron chi connectivity index (χ2n) is 5.50. The van der Waals surface area contributed by atoms with Crippen LogP contribution in [0.5, 0.6) is 0 Å². The molecule has 0 aromatic rings. The van der Waals surface area contributed by atoms with Crippen LogP contribution in [0.15, 0.2) is 0 Å². The van der Waals surface area contributed by atoms with Gasteiger partial charge >= 0.3 is 0 Å². The first kappa shape index (κ1) is 11.8. The molecule has 0 amide bonds. The van der Waals surface area contributed by atoms with Crippen LogP contribution in [0, 0.1) is 5.92 Å². The first-order valence-corrected chi connectivity index (χ1v) is 7.85. The molecule has 2 aliphatic carbocycles. The zero-order valence-corrected chi connectivity index (χ0v) is 11.0. The van der Waals surface area contributed by atoms with Gasteiger partial charge in [-0.3, -0.25) is 0 Å². The van der Waals surface area contributed by atoms with Crippen LogP contribution in [-0.4, -0.2) is 23.6 Å². The summed E-state index contributed by atoms with van der Waals surface area (Å²) in [5.74, 6) is 0.953. The van der Waals surface area contributed by atoms with E-state index < -0.39 is 0 Å². The highest BCUT2D eigenvalue weighted by Crippen LogP contribution is 2.30. The van der Waals surface area contributed by atoms with Crippen LogP contribution in [0.4, 0.5) is 0 Å². The summed E-state index contributed by atoms with van der Waals surface area (Å²) in [5.41, 5.74) is 0. The topological polar surface area (TPSA) is 12.0 Å². The minimum absolute atomic E-state index is 0.831. The summed E-state index contributed by atoms with van der Waals surface area (Å²) in [6, 6.07) is 1.66. The molecule has 1 nitrogen and oxygen atoms in total. The molecule has 0 saturated heterocycles. The maximum Gasteiger partial charge on any atom is 0.00805 e. The molecule has 0 aliphatic heterocycles. The largest absolute Gasteiger partial charge is 0.311 e. The fourth-order valence-corrected chi connectivity index (χ4v) is 4.02. The first-order chi connectivity index (χ1) is 7.28. The van der Waals surface area contributed by atoms with Crippen molar-refractivity contribution in [1.29, 1.82) is 0 Å². The van der Waals surface area contributed by atoms with Crippen LogP contribution in [0.25, 0.3) is 0 Å². The minimum Gasteiger partial charge on any atom is -0.311 e. The third-order valence-corrected chi connectivity index (χ3v) is 5.22. The number of hydrogen-bond donors (Lipinski definition) is 1. The lowest BCUT2D eigenvalue weighted by molar-refractivity contribution is 0.280. The van der Waals surface area contributed by atoms with Gasteiger partial charge in [0.25, 0.3) is 0 Å². The van der Waals surface area contributed by atoms with E-state index in [1.165, 1.54) is 44.9 Å². The molecule has 2 rings (SSSR count). The molecule has 2 saturated carbocycles. The van der Waals surface area contributed by atoms with Gasteiger partial charge in [0, 0.05) is 17.3 Å². The molecule has 2 heteroatoms. The summed E-state index contributed by atoms with van der Waals surface area (Å²) in [7, 11) is 0. The lowest BCUT2D eigenvalue weighted by Crippen LogP contribution is -2.39. The molecule has 0 spiro atoms. The Bertz CT molecular complexity index is 195. The van der Waals surface area contributed by atoms with Crippen LogP contribution in [0.2, 0.25) is 0 Å². The number of thioether (sulfide) groups is 1. The van der Waals surface area contributed by atoms with Crippen molar-refractivity contribution in [2.45, 2.75) is 69.2 Å². The summed E-state index contributed by atoms with van der Waals surface area (Å²) in [6.07, 6.45) is 12.2. The van der Waals surface area contributed by atoms with Crippen molar-refractivity contribution in [3.05, 3.63) is 0 Å². The molecular formula is C13H25NS. The van der Waals surface area contributed by atoms with Gasteiger partial charge in [-0.05, 0) is 44.3 Å². The third-order valence-electron chi connectivity index (χ3n) is 4.13. The lowest BCUT2D eigenvalue weighted by Gasteiger charge is -2.30. The zero-order valence-electron chi connectivity index (χ0n) is 10.2. The summed E-state index contributed by atoms with van der Waals surface area (Å²) < 4.78 is 0. The Morgan fingerprint density at radius 2 is 1.80 bits per heavy atom. The Kier molecular flexibility index (Phi) is 4.39. The molecule has 15 heavy (non-hydrogen) atoms. The van der Waals surface area contributed by atoms with Crippen molar-refractivity contribution in [3.8, 4) is 0 Å². The van der Waals surface area contributed by atoms with E-state index in [2.05, 4.69) is 30.3 Å². The van der Waals surface area contributed by atoms with Crippen molar-refractivity contribution < 1.29 is 0 Å². The van der Waals surface area contributed by atoms with Gasteiger partial charge in [-0.15, -0.1) is 0 Å². The van der Waals surface area contributed by atoms with E-state index >= 15 is 0 Å². The van der Waals surface area contributed by atoms with E-state index in [1.807, 2.05) is 0 Å². The summed E-state index contributed by atoms with van der Waals surface area (Å²) in [6.45, 7) is 2.41. The molecule has 2 fully saturated rings. The second kappa shape index (κ2) is 5.58. The van der Waals surface area contributed by atoms with Crippen LogP contribution >= 0.6 is 11.8 Å². The van der Waals surface area contributed by atoms with Gasteiger partial charge in [0.05, 0.1) is 0 Å². The normalized spacial score (nSPS) is 42.0. The average Bonchev–Trinajstić information content (AvgIpc) is 2.65. The summed E-state index contributed by atoms with van der Waals surface area (Å²) in [4.78, 5) is 0. The van der Waals surface area contributed by atoms with Crippen LogP contribution in [-0.2, 0) is 0 Å². The maximum absolute atomic E-state index is 3.90. The molecule has 0 radical (unpaired) electrons. The van der Waals surface area contributed by atoms with Crippen LogP contribution in [0.1, 0.15) is 51.9 Å². The highest BCUT2D eigenvalue weighted by Gasteiger charge is 2.27. The van der Waals surface area contributed by atoms with Gasteiger partial charge in [-0.25, -0.2) is 0 Å². The van der Waals surface area contributed by atoms with Crippen molar-refractivity contribution in [2.75, 3.05) is 6.26 Å². The van der Waals surface area contributed by atoms with Gasteiger partial charge in [-0.2, -0.15) is 11.8 Å². The summed E-state index contributed by atoms with van der Waals surface area (Å²) in [5, 5.41) is 4.83. The molecule has 0 heterocycles. The van der Waals surface area contributed by atoms with Gasteiger partial charge in [-0.1, -0.05) is 19.8 Å². The minimum atomic E-state index is 0.831. The molecular weight excluding hydrogens is 202 g/mol. The summed E-state index contributed by atoms with van der Waals surface area (Å²) >= 11 is 2.06. The highest BCUT2D eigenvalue weighted by atomic mass is 32.2. The zero-order chi connectivity index (χ0) is 10.7. The van der Waals surface area contributed by atoms with Gasteiger partial charge < -0.3 is 5.32 Å². The van der Waals surface area contributed by atoms with E-state index in [1.54, 1.807) is 0 Å². The van der Waals surface area contributed by atoms with Gasteiger partial charge in [0.15, 0.2) is 0 Å². The molecule has 0 aromatic heterocycles. The van der Waals surface area contributed by atoms with Gasteiger partial charge in [0.1, 0.15) is 0 Å². The molecule has 2 aliphatic rings. The smallest absolute Gasteiger partial charge is 0.00805 e. The third kappa shape index (κ3) is 3.39. The van der Waals surface area contributed by atoms with E-state index in [0.717, 1.165) is 23.3 Å². The van der Waals surface area contributed by atoms with Gasteiger partial charge in [0.2, 0.25) is 0 Å². The number of rotatable bonds is 3. The fourth-order valence-electron chi connectivity index (χ4n) is 3.22. The molecule has 0 bridgehead atoms. The molecule has 88 valence electrons. The average molecular weight is 227 g/mol. The SMILES string of the molecule is CSC1CCC(NC2CCCC(C)C2)C1. The molecule has 1 N–H and O–H groups in total. The highest BCUT2D eigenvalue weighted by molar-refractivity contribution is 7.99. The Balaban J connectivity index is 1.72. The number of nitrogens with one attached hydrogen (secondary N) is 1. The van der Waals surface area contributed by atoms with Crippen molar-refractivity contribution >= 4 is 11.8 Å². The standard InChI is InChI=1S/C13H25NS/c1-10-4-3-5-11(8-10)14-12-6-7-13(9-12)15-2/h10-14H,3-9H2,1-2H3. The Hall–Kier alpha value is 0.310. The molecule has 0 aromatic carbocycles. The number of hydrogen-bond acceptors (Lipinski definition) is 2. The Morgan fingerprint density at radius 3 is 2.47 bits per heavy atom. The second-order valence-corrected chi connectivity index (χ2v) is 6.64. The first-order valence-electron chi connectivity index (χ1n) is 6.56. The van der Waals surface area contributed by atoms with Crippen LogP contribution in [0.3, 0.4) is 0 Å². The maximum atomic E-state index is 3.90. The Labute approximate surface area is 98.8 Å². The van der Waals surface area contributed by atoms with Crippen LogP contribution < -0.4 is 5.32 Å². The molecule has 4 unspecified atom stereocenters. The lowest BCUT2D eigenvalue weighted by atomic mass is 9.86. The Morgan fingerprint density at radius 1 is 1.00 bits per heavy atom. The predicted octanol–water partition coefficient (Wildman–Crippen LogP) is 3.44. The van der Waals surface area contributed by atoms with Crippen molar-refractivity contribution in [2.24, 2.45) is 5.92 Å². The monoisotopic (exact) mass is 227 g/mol. The predicted molar refractivity (Wildman–Crippen MR) is 69.5 cm³/mol. The fraction of sp³-hybridized carbons (Fsp3) is 1.00. The van der Waals surface area contributed by atoms with Crippen molar-refractivity contribution in [3.63, 3.8) is 0 Å². The quantitative estimate of drug-likeness (QED) is 0.792. The molecule has 4 atom stereocenters. The van der Waals surface area contributed by atoms with Crippen molar-refractivity contribution in [1.82, 2.24) is 5.32 Å². The van der Waals surface area contributed by atoms with E-state index in [4.69, 9.17) is 0 Å².